The summed E-state index contributed by atoms with van der Waals surface area (Å²) in [6.07, 6.45) is 2.96. The maximum atomic E-state index is 11.1. The van der Waals surface area contributed by atoms with Crippen molar-refractivity contribution in [2.45, 2.75) is 12.5 Å². The van der Waals surface area contributed by atoms with Gasteiger partial charge in [0.2, 0.25) is 11.8 Å². The summed E-state index contributed by atoms with van der Waals surface area (Å²) < 4.78 is 0. The number of aliphatic hydroxyl groups excluding tert-OH is 1. The zero-order chi connectivity index (χ0) is 8.72. The second-order valence-corrected chi connectivity index (χ2v) is 3.17. The second-order valence-electron chi connectivity index (χ2n) is 3.17. The quantitative estimate of drug-likeness (QED) is 0.366. The molecule has 2 rings (SSSR count). The molecule has 0 bridgehead atoms. The van der Waals surface area contributed by atoms with Gasteiger partial charge in [0.15, 0.2) is 0 Å². The Labute approximate surface area is 69.3 Å². The van der Waals surface area contributed by atoms with Crippen LogP contribution in [0.15, 0.2) is 12.2 Å². The van der Waals surface area contributed by atoms with Gasteiger partial charge in [-0.3, -0.25) is 14.9 Å². The molecule has 3 atom stereocenters. The summed E-state index contributed by atoms with van der Waals surface area (Å²) in [6, 6.07) is 0. The molecule has 1 heterocycles. The maximum Gasteiger partial charge on any atom is 0.234 e. The van der Waals surface area contributed by atoms with Crippen molar-refractivity contribution in [2.75, 3.05) is 0 Å². The van der Waals surface area contributed by atoms with Gasteiger partial charge in [-0.05, 0) is 6.42 Å². The third-order valence-electron chi connectivity index (χ3n) is 2.36. The third-order valence-corrected chi connectivity index (χ3v) is 2.36. The van der Waals surface area contributed by atoms with Crippen LogP contribution in [0, 0.1) is 11.8 Å². The highest BCUT2D eigenvalue weighted by atomic mass is 16.3. The van der Waals surface area contributed by atoms with Gasteiger partial charge in [-0.15, -0.1) is 0 Å². The van der Waals surface area contributed by atoms with Crippen molar-refractivity contribution >= 4 is 11.8 Å². The fourth-order valence-electron chi connectivity index (χ4n) is 1.71. The molecule has 2 N–H and O–H groups in total. The number of carbonyl (C=O) groups excluding carboxylic acids is 2. The molecule has 2 aliphatic rings. The van der Waals surface area contributed by atoms with Crippen LogP contribution in [0.5, 0.6) is 0 Å². The number of hydrogen-bond donors (Lipinski definition) is 2. The van der Waals surface area contributed by atoms with E-state index in [1.807, 2.05) is 0 Å². The topological polar surface area (TPSA) is 66.4 Å². The molecule has 0 radical (unpaired) electrons. The Bertz CT molecular complexity index is 271. The van der Waals surface area contributed by atoms with E-state index in [4.69, 9.17) is 0 Å². The van der Waals surface area contributed by atoms with Crippen LogP contribution in [0.25, 0.3) is 0 Å². The van der Waals surface area contributed by atoms with Crippen molar-refractivity contribution in [3.05, 3.63) is 12.2 Å². The molecule has 0 aromatic heterocycles. The average Bonchev–Trinajstić information content (AvgIpc) is 2.28. The number of rotatable bonds is 0. The first kappa shape index (κ1) is 7.49. The number of amides is 2. The molecule has 0 aromatic carbocycles. The summed E-state index contributed by atoms with van der Waals surface area (Å²) in [5, 5.41) is 11.4. The molecule has 0 unspecified atom stereocenters. The third kappa shape index (κ3) is 0.956. The van der Waals surface area contributed by atoms with Crippen molar-refractivity contribution in [3.8, 4) is 0 Å². The molecule has 0 spiro atoms. The first-order valence-corrected chi connectivity index (χ1v) is 3.89. The van der Waals surface area contributed by atoms with Crippen LogP contribution < -0.4 is 5.32 Å². The minimum absolute atomic E-state index is 0.242. The minimum atomic E-state index is -0.581. The highest BCUT2D eigenvalue weighted by molar-refractivity contribution is 6.06. The molecule has 4 heteroatoms. The lowest BCUT2D eigenvalue weighted by atomic mass is 9.85. The molecule has 1 fully saturated rings. The second kappa shape index (κ2) is 2.42. The lowest BCUT2D eigenvalue weighted by Gasteiger charge is -2.19. The van der Waals surface area contributed by atoms with E-state index in [1.54, 1.807) is 12.2 Å². The largest absolute Gasteiger partial charge is 0.389 e. The van der Waals surface area contributed by atoms with Gasteiger partial charge in [0.25, 0.3) is 0 Å². The summed E-state index contributed by atoms with van der Waals surface area (Å²) in [5.74, 6) is -1.19. The number of aliphatic hydroxyl groups is 1. The van der Waals surface area contributed by atoms with Crippen LogP contribution in [-0.4, -0.2) is 23.0 Å². The number of fused-ring (bicyclic) bond motifs is 1. The average molecular weight is 167 g/mol. The van der Waals surface area contributed by atoms with E-state index in [0.29, 0.717) is 6.42 Å². The van der Waals surface area contributed by atoms with E-state index < -0.39 is 6.10 Å². The Morgan fingerprint density at radius 3 is 2.83 bits per heavy atom. The van der Waals surface area contributed by atoms with Crippen LogP contribution in [-0.2, 0) is 9.59 Å². The summed E-state index contributed by atoms with van der Waals surface area (Å²) in [7, 11) is 0. The van der Waals surface area contributed by atoms with Gasteiger partial charge >= 0.3 is 0 Å². The van der Waals surface area contributed by atoms with E-state index in [-0.39, 0.29) is 23.7 Å². The fourth-order valence-corrected chi connectivity index (χ4v) is 1.71. The van der Waals surface area contributed by atoms with E-state index in [0.717, 1.165) is 0 Å². The molecule has 12 heavy (non-hydrogen) atoms. The number of imide groups is 1. The van der Waals surface area contributed by atoms with E-state index in [9.17, 15) is 14.7 Å². The first-order chi connectivity index (χ1) is 5.68. The van der Waals surface area contributed by atoms with Crippen molar-refractivity contribution in [3.63, 3.8) is 0 Å². The smallest absolute Gasteiger partial charge is 0.234 e. The molecular formula is C8H9NO3. The molecule has 1 aliphatic heterocycles. The van der Waals surface area contributed by atoms with Gasteiger partial charge < -0.3 is 5.11 Å². The molecular weight excluding hydrogens is 158 g/mol. The minimum Gasteiger partial charge on any atom is -0.389 e. The van der Waals surface area contributed by atoms with Gasteiger partial charge in [-0.2, -0.15) is 0 Å². The van der Waals surface area contributed by atoms with E-state index in [2.05, 4.69) is 5.32 Å². The predicted octanol–water partition coefficient (Wildman–Crippen LogP) is -0.804. The summed E-state index contributed by atoms with van der Waals surface area (Å²) in [6.45, 7) is 0. The van der Waals surface area contributed by atoms with Gasteiger partial charge in [-0.1, -0.05) is 12.2 Å². The first-order valence-electron chi connectivity index (χ1n) is 3.89. The Balaban J connectivity index is 2.29. The standard InChI is InChI=1S/C8H9NO3/c10-4-1-2-5-6(3-4)8(12)9-7(5)11/h1-2,4-6,10H,3H2,(H,9,11,12)/t4-,5-,6-/m1/s1. The summed E-state index contributed by atoms with van der Waals surface area (Å²) in [5.41, 5.74) is 0. The molecule has 0 aromatic rings. The number of nitrogens with one attached hydrogen (secondary N) is 1. The van der Waals surface area contributed by atoms with Gasteiger partial charge in [0, 0.05) is 0 Å². The van der Waals surface area contributed by atoms with Crippen LogP contribution in [0.1, 0.15) is 6.42 Å². The van der Waals surface area contributed by atoms with Gasteiger partial charge in [0.05, 0.1) is 17.9 Å². The van der Waals surface area contributed by atoms with Crippen LogP contribution in [0.3, 0.4) is 0 Å². The number of hydrogen-bond acceptors (Lipinski definition) is 3. The SMILES string of the molecule is O=C1NC(=O)[C@@H]2C[C@H](O)C=C[C@@H]12. The fraction of sp³-hybridized carbons (Fsp3) is 0.500. The zero-order valence-electron chi connectivity index (χ0n) is 6.36. The molecule has 64 valence electrons. The lowest BCUT2D eigenvalue weighted by molar-refractivity contribution is -0.126. The Morgan fingerprint density at radius 2 is 2.08 bits per heavy atom. The number of carbonyl (C=O) groups is 2. The van der Waals surface area contributed by atoms with Crippen molar-refractivity contribution in [2.24, 2.45) is 11.8 Å². The van der Waals surface area contributed by atoms with Crippen LogP contribution in [0.4, 0.5) is 0 Å². The highest BCUT2D eigenvalue weighted by Gasteiger charge is 2.42. The summed E-state index contributed by atoms with van der Waals surface area (Å²) in [4.78, 5) is 22.1. The van der Waals surface area contributed by atoms with Crippen molar-refractivity contribution < 1.29 is 14.7 Å². The lowest BCUT2D eigenvalue weighted by Crippen LogP contribution is -2.25. The van der Waals surface area contributed by atoms with Crippen LogP contribution >= 0.6 is 0 Å². The molecule has 1 aliphatic carbocycles. The monoisotopic (exact) mass is 167 g/mol. The predicted molar refractivity (Wildman–Crippen MR) is 39.9 cm³/mol. The molecule has 1 saturated heterocycles. The Hall–Kier alpha value is -1.16. The van der Waals surface area contributed by atoms with Crippen molar-refractivity contribution in [1.29, 1.82) is 0 Å². The zero-order valence-corrected chi connectivity index (χ0v) is 6.36. The van der Waals surface area contributed by atoms with Crippen LogP contribution in [0.2, 0.25) is 0 Å². The summed E-state index contributed by atoms with van der Waals surface area (Å²) >= 11 is 0. The highest BCUT2D eigenvalue weighted by Crippen LogP contribution is 2.29. The Kier molecular flexibility index (Phi) is 1.51. The van der Waals surface area contributed by atoms with Gasteiger partial charge in [0.1, 0.15) is 0 Å². The van der Waals surface area contributed by atoms with Crippen molar-refractivity contribution in [1.82, 2.24) is 5.32 Å². The molecule has 4 nitrogen and oxygen atoms in total. The molecule has 2 amide bonds. The molecule has 0 saturated carbocycles. The van der Waals surface area contributed by atoms with Gasteiger partial charge in [-0.25, -0.2) is 0 Å². The Morgan fingerprint density at radius 1 is 1.33 bits per heavy atom. The van der Waals surface area contributed by atoms with E-state index >= 15 is 0 Å². The maximum absolute atomic E-state index is 11.1. The normalized spacial score (nSPS) is 39.6. The van der Waals surface area contributed by atoms with E-state index in [1.165, 1.54) is 0 Å².